The summed E-state index contributed by atoms with van der Waals surface area (Å²) in [5, 5.41) is 20.6. The van der Waals surface area contributed by atoms with E-state index in [0.29, 0.717) is 19.3 Å². The minimum absolute atomic E-state index is 0.0830. The van der Waals surface area contributed by atoms with Gasteiger partial charge in [0, 0.05) is 19.3 Å². The Hall–Kier alpha value is -4.31. The van der Waals surface area contributed by atoms with Crippen LogP contribution in [-0.2, 0) is 55.8 Å². The molecule has 0 aromatic heterocycles. The summed E-state index contributed by atoms with van der Waals surface area (Å²) in [5.41, 5.74) is 0. The molecule has 0 heterocycles. The maximum Gasteiger partial charge on any atom is 0.472 e. The fourth-order valence-corrected chi connectivity index (χ4v) is 12.3. The Morgan fingerprint density at radius 3 is 0.854 bits per heavy atom. The molecule has 16 nitrogen and oxygen atoms in total. The number of carbonyl (C=O) groups excluding carboxylic acids is 3. The zero-order chi connectivity index (χ0) is 75.2. The summed E-state index contributed by atoms with van der Waals surface area (Å²) in [5.74, 6) is -1.60. The molecule has 103 heavy (non-hydrogen) atoms. The van der Waals surface area contributed by atoms with Crippen molar-refractivity contribution in [3.63, 3.8) is 0 Å². The molecule has 0 bridgehead atoms. The van der Waals surface area contributed by atoms with Gasteiger partial charge < -0.3 is 34.2 Å². The standard InChI is InChI=1S/C85H146O16P2/c1-4-7-10-13-16-19-22-25-27-29-31-33-35-36-37-38-39-40-41-42-44-46-47-49-51-54-56-59-62-65-68-71-83(88)95-74-80(86)75-97-102(91,92)98-76-81(87)77-99-103(93,94)100-79-82(101-85(90)73-70-67-64-61-58-53-24-21-18-15-12-9-6-3)78-96-84(89)72-69-66-63-60-57-55-52-50-48-45-43-34-32-30-28-26-23-20-17-14-11-8-5-2/h8,11-12,15-17,19-21,24-28,31-34,36-37,45,48,80-82,86-87H,4-7,9-10,13-14,18,22-23,29-30,35,38-44,46-47,49-79H2,1-3H3,(H,91,92)(H,93,94)/b11-8-,15-12-,19-16-,20-17-,24-21-,27-25-,28-26-,33-31-,34-32-,37-36-,48-45-. The van der Waals surface area contributed by atoms with E-state index in [0.717, 1.165) is 167 Å². The predicted molar refractivity (Wildman–Crippen MR) is 426 cm³/mol. The van der Waals surface area contributed by atoms with Gasteiger partial charge in [-0.2, -0.15) is 0 Å². The number of phosphoric acid groups is 2. The summed E-state index contributed by atoms with van der Waals surface area (Å²) in [6.07, 6.45) is 93.7. The first-order valence-corrected chi connectivity index (χ1v) is 43.5. The van der Waals surface area contributed by atoms with Crippen molar-refractivity contribution in [2.75, 3.05) is 39.6 Å². The molecule has 18 heteroatoms. The van der Waals surface area contributed by atoms with Crippen molar-refractivity contribution in [2.45, 2.75) is 347 Å². The second-order valence-electron chi connectivity index (χ2n) is 26.8. The molecule has 5 atom stereocenters. The molecule has 0 fully saturated rings. The van der Waals surface area contributed by atoms with Crippen LogP contribution >= 0.6 is 15.6 Å². The van der Waals surface area contributed by atoms with Gasteiger partial charge in [0.25, 0.3) is 0 Å². The van der Waals surface area contributed by atoms with E-state index in [9.17, 15) is 43.5 Å². The van der Waals surface area contributed by atoms with Crippen LogP contribution in [0.4, 0.5) is 0 Å². The second-order valence-corrected chi connectivity index (χ2v) is 29.7. The van der Waals surface area contributed by atoms with Gasteiger partial charge in [-0.25, -0.2) is 9.13 Å². The Morgan fingerprint density at radius 2 is 0.534 bits per heavy atom. The molecule has 0 aliphatic carbocycles. The number of ether oxygens (including phenoxy) is 3. The van der Waals surface area contributed by atoms with Crippen molar-refractivity contribution in [3.05, 3.63) is 134 Å². The Morgan fingerprint density at radius 1 is 0.282 bits per heavy atom. The van der Waals surface area contributed by atoms with Crippen LogP contribution in [0.1, 0.15) is 329 Å². The zero-order valence-corrected chi connectivity index (χ0v) is 66.5. The number of aliphatic hydroxyl groups excluding tert-OH is 2. The van der Waals surface area contributed by atoms with E-state index in [1.807, 2.05) is 0 Å². The highest BCUT2D eigenvalue weighted by Gasteiger charge is 2.29. The summed E-state index contributed by atoms with van der Waals surface area (Å²) in [6, 6.07) is 0. The van der Waals surface area contributed by atoms with E-state index < -0.39 is 91.5 Å². The number of carbonyl (C=O) groups is 3. The van der Waals surface area contributed by atoms with Crippen molar-refractivity contribution in [2.24, 2.45) is 0 Å². The third-order valence-corrected chi connectivity index (χ3v) is 18.7. The van der Waals surface area contributed by atoms with Gasteiger partial charge in [0.15, 0.2) is 6.10 Å². The number of allylic oxidation sites excluding steroid dienone is 22. The van der Waals surface area contributed by atoms with E-state index in [4.69, 9.17) is 32.3 Å². The molecule has 0 rings (SSSR count). The fraction of sp³-hybridized carbons (Fsp3) is 0.706. The summed E-state index contributed by atoms with van der Waals surface area (Å²) >= 11 is 0. The lowest BCUT2D eigenvalue weighted by molar-refractivity contribution is -0.161. The molecular weight excluding hydrogens is 1340 g/mol. The van der Waals surface area contributed by atoms with Gasteiger partial charge in [-0.3, -0.25) is 32.5 Å². The lowest BCUT2D eigenvalue weighted by Crippen LogP contribution is -2.30. The number of phosphoric ester groups is 2. The van der Waals surface area contributed by atoms with E-state index in [1.54, 1.807) is 0 Å². The number of unbranched alkanes of at least 4 members (excludes halogenated alkanes) is 31. The number of esters is 3. The van der Waals surface area contributed by atoms with Crippen molar-refractivity contribution in [3.8, 4) is 0 Å². The van der Waals surface area contributed by atoms with Gasteiger partial charge in [0.2, 0.25) is 0 Å². The average Bonchev–Trinajstić information content (AvgIpc) is 0.947. The van der Waals surface area contributed by atoms with E-state index in [-0.39, 0.29) is 19.3 Å². The van der Waals surface area contributed by atoms with Crippen molar-refractivity contribution in [1.29, 1.82) is 0 Å². The average molecular weight is 1490 g/mol. The maximum absolute atomic E-state index is 12.9. The molecule has 0 aliphatic heterocycles. The number of hydrogen-bond donors (Lipinski definition) is 4. The summed E-state index contributed by atoms with van der Waals surface area (Å²) in [7, 11) is -9.80. The zero-order valence-electron chi connectivity index (χ0n) is 64.7. The molecule has 0 amide bonds. The van der Waals surface area contributed by atoms with Gasteiger partial charge >= 0.3 is 33.6 Å². The molecular formula is C85H146O16P2. The Labute approximate surface area is 626 Å². The quantitative estimate of drug-likeness (QED) is 0.0146. The molecule has 0 aromatic carbocycles. The largest absolute Gasteiger partial charge is 0.472 e. The van der Waals surface area contributed by atoms with Gasteiger partial charge in [-0.1, -0.05) is 309 Å². The molecule has 592 valence electrons. The van der Waals surface area contributed by atoms with E-state index in [2.05, 4.69) is 154 Å². The van der Waals surface area contributed by atoms with Crippen LogP contribution in [0, 0.1) is 0 Å². The van der Waals surface area contributed by atoms with Gasteiger partial charge in [0.1, 0.15) is 25.4 Å². The molecule has 0 radical (unpaired) electrons. The van der Waals surface area contributed by atoms with Gasteiger partial charge in [-0.05, 0) is 135 Å². The molecule has 0 saturated heterocycles. The van der Waals surface area contributed by atoms with E-state index >= 15 is 0 Å². The SMILES string of the molecule is CC/C=C\C/C=C\C/C=C\C/C=C\C/C=C\CCCCCCCCCC(=O)OCC(COP(=O)(O)OCC(O)COP(=O)(O)OCC(O)COC(=O)CCCCCCCCCCCCCCCCC/C=C\C/C=C\C/C=C\C/C=C\CCCCC)OC(=O)CCCCCCC/C=C\C/C=C\CCC. The van der Waals surface area contributed by atoms with Crippen LogP contribution in [0.25, 0.3) is 0 Å². The molecule has 0 saturated carbocycles. The first-order chi connectivity index (χ1) is 50.2. The minimum Gasteiger partial charge on any atom is -0.463 e. The lowest BCUT2D eigenvalue weighted by atomic mass is 10.0. The van der Waals surface area contributed by atoms with Crippen molar-refractivity contribution >= 4 is 33.6 Å². The smallest absolute Gasteiger partial charge is 0.463 e. The molecule has 0 spiro atoms. The third kappa shape index (κ3) is 78.6. The van der Waals surface area contributed by atoms with Crippen molar-refractivity contribution < 1.29 is 75.8 Å². The molecule has 5 unspecified atom stereocenters. The van der Waals surface area contributed by atoms with Gasteiger partial charge in [0.05, 0.1) is 26.4 Å². The monoisotopic (exact) mass is 1490 g/mol. The topological polar surface area (TPSA) is 231 Å². The van der Waals surface area contributed by atoms with Crippen LogP contribution in [0.3, 0.4) is 0 Å². The highest BCUT2D eigenvalue weighted by atomic mass is 31.2. The molecule has 4 N–H and O–H groups in total. The minimum atomic E-state index is -4.94. The van der Waals surface area contributed by atoms with Crippen molar-refractivity contribution in [1.82, 2.24) is 0 Å². The summed E-state index contributed by atoms with van der Waals surface area (Å²) < 4.78 is 61.1. The number of hydrogen-bond acceptors (Lipinski definition) is 14. The van der Waals surface area contributed by atoms with Crippen LogP contribution in [0.5, 0.6) is 0 Å². The highest BCUT2D eigenvalue weighted by Crippen LogP contribution is 2.45. The third-order valence-electron chi connectivity index (χ3n) is 16.8. The lowest BCUT2D eigenvalue weighted by Gasteiger charge is -2.21. The Bertz CT molecular complexity index is 2410. The Balaban J connectivity index is 4.47. The highest BCUT2D eigenvalue weighted by molar-refractivity contribution is 7.47. The van der Waals surface area contributed by atoms with Crippen LogP contribution in [0.15, 0.2) is 134 Å². The predicted octanol–water partition coefficient (Wildman–Crippen LogP) is 23.9. The number of rotatable bonds is 76. The number of aliphatic hydroxyl groups is 2. The summed E-state index contributed by atoms with van der Waals surface area (Å²) in [4.78, 5) is 58.6. The van der Waals surface area contributed by atoms with Crippen LogP contribution in [-0.4, -0.2) is 95.9 Å². The fourth-order valence-electron chi connectivity index (χ4n) is 10.7. The molecule has 0 aliphatic rings. The van der Waals surface area contributed by atoms with Crippen LogP contribution in [0.2, 0.25) is 0 Å². The first-order valence-electron chi connectivity index (χ1n) is 40.5. The maximum atomic E-state index is 12.9. The Kier molecular flexibility index (Phi) is 74.1. The van der Waals surface area contributed by atoms with Gasteiger partial charge in [-0.15, -0.1) is 0 Å². The first kappa shape index (κ1) is 98.7. The summed E-state index contributed by atoms with van der Waals surface area (Å²) in [6.45, 7) is 2.46. The van der Waals surface area contributed by atoms with Crippen LogP contribution < -0.4 is 0 Å². The van der Waals surface area contributed by atoms with E-state index in [1.165, 1.54) is 103 Å². The second kappa shape index (κ2) is 77.3. The normalized spacial score (nSPS) is 14.7. The molecule has 0 aromatic rings.